The summed E-state index contributed by atoms with van der Waals surface area (Å²) in [4.78, 5) is 12.3. The predicted molar refractivity (Wildman–Crippen MR) is 71.6 cm³/mol. The van der Waals surface area contributed by atoms with Crippen molar-refractivity contribution in [3.05, 3.63) is 23.9 Å². The Morgan fingerprint density at radius 3 is 2.95 bits per heavy atom. The zero-order valence-electron chi connectivity index (χ0n) is 10.4. The van der Waals surface area contributed by atoms with Crippen LogP contribution in [0.1, 0.15) is 29.8 Å². The second-order valence-corrected chi connectivity index (χ2v) is 5.12. The Balaban J connectivity index is 1.91. The standard InChI is InChI=1S/C13H16N4O2/c14-8-2-3-10-9(6-8)11(17-16-10)12(19)15-13(7-18)4-1-5-13/h2-3,6,18H,1,4-5,7,14H2,(H,15,19)(H,16,17). The number of benzene rings is 1. The highest BCUT2D eigenvalue weighted by Gasteiger charge is 2.38. The van der Waals surface area contributed by atoms with E-state index in [2.05, 4.69) is 15.5 Å². The summed E-state index contributed by atoms with van der Waals surface area (Å²) in [5.41, 5.74) is 6.94. The lowest BCUT2D eigenvalue weighted by molar-refractivity contribution is 0.0639. The van der Waals surface area contributed by atoms with E-state index < -0.39 is 5.54 Å². The maximum Gasteiger partial charge on any atom is 0.272 e. The quantitative estimate of drug-likeness (QED) is 0.612. The summed E-state index contributed by atoms with van der Waals surface area (Å²) in [6.07, 6.45) is 2.63. The maximum absolute atomic E-state index is 12.3. The van der Waals surface area contributed by atoms with E-state index in [1.54, 1.807) is 18.2 Å². The highest BCUT2D eigenvalue weighted by Crippen LogP contribution is 2.31. The van der Waals surface area contributed by atoms with Crippen LogP contribution in [0.2, 0.25) is 0 Å². The van der Waals surface area contributed by atoms with Crippen LogP contribution in [-0.2, 0) is 0 Å². The number of anilines is 1. The first-order chi connectivity index (χ1) is 9.13. The molecule has 1 aliphatic carbocycles. The molecule has 1 fully saturated rings. The number of fused-ring (bicyclic) bond motifs is 1. The van der Waals surface area contributed by atoms with E-state index in [0.717, 1.165) is 24.8 Å². The number of carbonyl (C=O) groups excluding carboxylic acids is 1. The van der Waals surface area contributed by atoms with Crippen LogP contribution in [0.15, 0.2) is 18.2 Å². The molecule has 2 aromatic rings. The third-order valence-electron chi connectivity index (χ3n) is 3.79. The van der Waals surface area contributed by atoms with Gasteiger partial charge in [-0.3, -0.25) is 9.89 Å². The van der Waals surface area contributed by atoms with Gasteiger partial charge in [0.1, 0.15) is 0 Å². The van der Waals surface area contributed by atoms with Gasteiger partial charge in [0.15, 0.2) is 5.69 Å². The first-order valence-electron chi connectivity index (χ1n) is 6.30. The van der Waals surface area contributed by atoms with E-state index in [1.165, 1.54) is 0 Å². The number of hydrogen-bond donors (Lipinski definition) is 4. The molecule has 1 aromatic carbocycles. The molecule has 5 N–H and O–H groups in total. The van der Waals surface area contributed by atoms with Gasteiger partial charge in [0.2, 0.25) is 0 Å². The van der Waals surface area contributed by atoms with Gasteiger partial charge in [0, 0.05) is 11.1 Å². The Morgan fingerprint density at radius 2 is 2.32 bits per heavy atom. The number of aromatic amines is 1. The molecule has 0 radical (unpaired) electrons. The van der Waals surface area contributed by atoms with Crippen molar-refractivity contribution < 1.29 is 9.90 Å². The molecule has 6 nitrogen and oxygen atoms in total. The van der Waals surface area contributed by atoms with Crippen LogP contribution in [0.5, 0.6) is 0 Å². The summed E-state index contributed by atoms with van der Waals surface area (Å²) in [7, 11) is 0. The fourth-order valence-electron chi connectivity index (χ4n) is 2.43. The average Bonchev–Trinajstić information content (AvgIpc) is 2.76. The molecular weight excluding hydrogens is 244 g/mol. The molecular formula is C13H16N4O2. The van der Waals surface area contributed by atoms with Gasteiger partial charge < -0.3 is 16.2 Å². The molecule has 0 atom stereocenters. The van der Waals surface area contributed by atoms with Crippen molar-refractivity contribution in [1.29, 1.82) is 0 Å². The van der Waals surface area contributed by atoms with Gasteiger partial charge in [-0.2, -0.15) is 5.10 Å². The third-order valence-corrected chi connectivity index (χ3v) is 3.79. The number of amides is 1. The number of nitrogens with two attached hydrogens (primary N) is 1. The number of aliphatic hydroxyl groups is 1. The molecule has 0 bridgehead atoms. The largest absolute Gasteiger partial charge is 0.399 e. The minimum atomic E-state index is -0.470. The van der Waals surface area contributed by atoms with Gasteiger partial charge in [-0.05, 0) is 37.5 Å². The van der Waals surface area contributed by atoms with Crippen LogP contribution >= 0.6 is 0 Å². The minimum Gasteiger partial charge on any atom is -0.399 e. The zero-order chi connectivity index (χ0) is 13.5. The summed E-state index contributed by atoms with van der Waals surface area (Å²) in [6, 6.07) is 5.27. The summed E-state index contributed by atoms with van der Waals surface area (Å²) >= 11 is 0. The van der Waals surface area contributed by atoms with Crippen molar-refractivity contribution in [1.82, 2.24) is 15.5 Å². The number of carbonyl (C=O) groups is 1. The van der Waals surface area contributed by atoms with Crippen molar-refractivity contribution in [2.75, 3.05) is 12.3 Å². The molecule has 3 rings (SSSR count). The lowest BCUT2D eigenvalue weighted by Gasteiger charge is -2.40. The molecule has 1 saturated carbocycles. The van der Waals surface area contributed by atoms with Gasteiger partial charge in [0.05, 0.1) is 17.7 Å². The number of rotatable bonds is 3. The van der Waals surface area contributed by atoms with Crippen LogP contribution in [0.25, 0.3) is 10.9 Å². The predicted octanol–water partition coefficient (Wildman–Crippen LogP) is 0.790. The van der Waals surface area contributed by atoms with E-state index in [-0.39, 0.29) is 12.5 Å². The first kappa shape index (κ1) is 12.0. The Kier molecular flexibility index (Phi) is 2.67. The van der Waals surface area contributed by atoms with E-state index >= 15 is 0 Å². The molecule has 1 amide bonds. The Hall–Kier alpha value is -2.08. The Bertz CT molecular complexity index is 625. The van der Waals surface area contributed by atoms with Crippen molar-refractivity contribution in [2.24, 2.45) is 0 Å². The van der Waals surface area contributed by atoms with Gasteiger partial charge in [-0.1, -0.05) is 0 Å². The van der Waals surface area contributed by atoms with Gasteiger partial charge >= 0.3 is 0 Å². The Labute approximate surface area is 110 Å². The van der Waals surface area contributed by atoms with Gasteiger partial charge in [-0.15, -0.1) is 0 Å². The van der Waals surface area contributed by atoms with E-state index in [4.69, 9.17) is 5.73 Å². The van der Waals surface area contributed by atoms with Gasteiger partial charge in [-0.25, -0.2) is 0 Å². The van der Waals surface area contributed by atoms with Crippen LogP contribution < -0.4 is 11.1 Å². The SMILES string of the molecule is Nc1ccc2[nH]nc(C(=O)NC3(CO)CCC3)c2c1. The molecule has 100 valence electrons. The zero-order valence-corrected chi connectivity index (χ0v) is 10.4. The molecule has 0 unspecified atom stereocenters. The Morgan fingerprint density at radius 1 is 1.53 bits per heavy atom. The summed E-state index contributed by atoms with van der Waals surface area (Å²) < 4.78 is 0. The monoisotopic (exact) mass is 260 g/mol. The number of hydrogen-bond acceptors (Lipinski definition) is 4. The average molecular weight is 260 g/mol. The van der Waals surface area contributed by atoms with Crippen molar-refractivity contribution in [3.8, 4) is 0 Å². The lowest BCUT2D eigenvalue weighted by atomic mass is 9.77. The smallest absolute Gasteiger partial charge is 0.272 e. The number of nitrogen functional groups attached to an aromatic ring is 1. The molecule has 6 heteroatoms. The normalized spacial score (nSPS) is 17.1. The molecule has 0 saturated heterocycles. The number of aliphatic hydroxyl groups excluding tert-OH is 1. The van der Waals surface area contributed by atoms with E-state index in [1.807, 2.05) is 0 Å². The molecule has 1 aliphatic rings. The molecule has 19 heavy (non-hydrogen) atoms. The van der Waals surface area contributed by atoms with Crippen LogP contribution in [0.3, 0.4) is 0 Å². The van der Waals surface area contributed by atoms with E-state index in [0.29, 0.717) is 16.8 Å². The first-order valence-corrected chi connectivity index (χ1v) is 6.30. The number of aromatic nitrogens is 2. The number of H-pyrrole nitrogens is 1. The highest BCUT2D eigenvalue weighted by atomic mass is 16.3. The number of nitrogens with one attached hydrogen (secondary N) is 2. The highest BCUT2D eigenvalue weighted by molar-refractivity contribution is 6.05. The molecule has 1 aromatic heterocycles. The topological polar surface area (TPSA) is 104 Å². The molecule has 0 aliphatic heterocycles. The maximum atomic E-state index is 12.3. The van der Waals surface area contributed by atoms with Crippen LogP contribution in [0.4, 0.5) is 5.69 Å². The fraction of sp³-hybridized carbons (Fsp3) is 0.385. The van der Waals surface area contributed by atoms with Crippen molar-refractivity contribution in [3.63, 3.8) is 0 Å². The number of nitrogens with zero attached hydrogens (tertiary/aromatic N) is 1. The summed E-state index contributed by atoms with van der Waals surface area (Å²) in [5, 5.41) is 19.8. The fourth-order valence-corrected chi connectivity index (χ4v) is 2.43. The second kappa shape index (κ2) is 4.24. The van der Waals surface area contributed by atoms with Crippen molar-refractivity contribution in [2.45, 2.75) is 24.8 Å². The van der Waals surface area contributed by atoms with Crippen LogP contribution in [-0.4, -0.2) is 33.4 Å². The lowest BCUT2D eigenvalue weighted by Crippen LogP contribution is -2.56. The second-order valence-electron chi connectivity index (χ2n) is 5.12. The summed E-state index contributed by atoms with van der Waals surface area (Å²) in [5.74, 6) is -0.273. The van der Waals surface area contributed by atoms with E-state index in [9.17, 15) is 9.90 Å². The molecule has 0 spiro atoms. The summed E-state index contributed by atoms with van der Waals surface area (Å²) in [6.45, 7) is -0.0385. The van der Waals surface area contributed by atoms with Crippen molar-refractivity contribution >= 4 is 22.5 Å². The van der Waals surface area contributed by atoms with Gasteiger partial charge in [0.25, 0.3) is 5.91 Å². The van der Waals surface area contributed by atoms with Crippen LogP contribution in [0, 0.1) is 0 Å². The molecule has 1 heterocycles. The minimum absolute atomic E-state index is 0.0385. The third kappa shape index (κ3) is 1.94.